The van der Waals surface area contributed by atoms with Crippen LogP contribution < -0.4 is 37.0 Å². The Morgan fingerprint density at radius 3 is 2.12 bits per heavy atom. The molecule has 1 heterocycles. The van der Waals surface area contributed by atoms with Crippen LogP contribution in [0.15, 0.2) is 45.2 Å². The van der Waals surface area contributed by atoms with Crippen LogP contribution in [0.25, 0.3) is 0 Å². The first kappa shape index (κ1) is 33.3. The van der Waals surface area contributed by atoms with Crippen LogP contribution in [0.4, 0.5) is 18.9 Å². The highest BCUT2D eigenvalue weighted by Crippen LogP contribution is 2.29. The van der Waals surface area contributed by atoms with E-state index < -0.39 is 51.7 Å². The summed E-state index contributed by atoms with van der Waals surface area (Å²) in [4.78, 5) is 39.1. The normalized spacial score (nSPS) is 12.6. The van der Waals surface area contributed by atoms with Crippen molar-refractivity contribution >= 4 is 33.5 Å². The van der Waals surface area contributed by atoms with Crippen molar-refractivity contribution in [1.82, 2.24) is 4.57 Å². The van der Waals surface area contributed by atoms with Crippen LogP contribution in [-0.2, 0) is 24.4 Å². The Labute approximate surface area is 225 Å². The molecule has 2 aromatic rings. The van der Waals surface area contributed by atoms with Gasteiger partial charge < -0.3 is 36.6 Å². The summed E-state index contributed by atoms with van der Waals surface area (Å²) in [5, 5.41) is 10.5. The Kier molecular flexibility index (Phi) is 11.2. The maximum Gasteiger partial charge on any atom is 0.490 e. The Bertz CT molecular complexity index is 1420. The number of pyridine rings is 1. The second-order valence-electron chi connectivity index (χ2n) is 7.66. The van der Waals surface area contributed by atoms with Crippen molar-refractivity contribution < 1.29 is 50.6 Å². The summed E-state index contributed by atoms with van der Waals surface area (Å²) in [6.45, 7) is 2.96. The third-order valence-electron chi connectivity index (χ3n) is 4.81. The number of benzene rings is 1. The smallest absolute Gasteiger partial charge is 0.490 e. The molecule has 0 aliphatic rings. The van der Waals surface area contributed by atoms with Gasteiger partial charge in [0.15, 0.2) is 12.1 Å². The zero-order valence-electron chi connectivity index (χ0n) is 21.4. The number of carbonyl (C=O) groups excluding carboxylic acids is 1. The molecule has 2 unspecified atom stereocenters. The Morgan fingerprint density at radius 1 is 1.10 bits per heavy atom. The Hall–Kier alpha value is -4.68. The minimum absolute atomic E-state index is 0.0324. The van der Waals surface area contributed by atoms with E-state index in [0.29, 0.717) is 5.69 Å². The number of ether oxygens (including phenoxy) is 2. The lowest BCUT2D eigenvalue weighted by atomic mass is 10.1. The summed E-state index contributed by atoms with van der Waals surface area (Å²) < 4.78 is 71.3. The molecule has 40 heavy (non-hydrogen) atoms. The average molecular weight is 597 g/mol. The number of rotatable bonds is 10. The Morgan fingerprint density at radius 2 is 1.68 bits per heavy atom. The minimum Gasteiger partial charge on any atom is -0.497 e. The number of nitrogens with two attached hydrogens (primary N) is 3. The molecule has 0 bridgehead atoms. The number of methoxy groups -OCH3 is 2. The number of primary amides is 1. The lowest BCUT2D eigenvalue weighted by molar-refractivity contribution is -0.192. The molecule has 0 saturated heterocycles. The molecular weight excluding hydrogens is 569 g/mol. The van der Waals surface area contributed by atoms with Gasteiger partial charge in [0.25, 0.3) is 15.6 Å². The number of aryl methyl sites for hydroxylation is 1. The molecule has 15 nitrogen and oxygen atoms in total. The number of carboxylic acid groups (broad SMARTS) is 1. The van der Waals surface area contributed by atoms with Crippen molar-refractivity contribution in [2.45, 2.75) is 37.1 Å². The fraction of sp³-hybridized carbons (Fsp3) is 0.333. The van der Waals surface area contributed by atoms with Crippen LogP contribution in [0.3, 0.4) is 0 Å². The number of oxime groups is 1. The van der Waals surface area contributed by atoms with E-state index in [9.17, 15) is 31.2 Å². The second kappa shape index (κ2) is 13.4. The molecule has 19 heteroatoms. The maximum absolute atomic E-state index is 13.2. The maximum atomic E-state index is 13.2. The number of anilines is 1. The second-order valence-corrected chi connectivity index (χ2v) is 9.31. The van der Waals surface area contributed by atoms with E-state index in [4.69, 9.17) is 41.4 Å². The summed E-state index contributed by atoms with van der Waals surface area (Å²) in [5.41, 5.74) is 15.1. The molecule has 1 aromatic heterocycles. The van der Waals surface area contributed by atoms with Gasteiger partial charge in [-0.05, 0) is 43.3 Å². The topological polar surface area (TPSA) is 241 Å². The van der Waals surface area contributed by atoms with E-state index >= 15 is 0 Å². The highest BCUT2D eigenvalue weighted by atomic mass is 32.2. The first-order valence-corrected chi connectivity index (χ1v) is 12.2. The lowest BCUT2D eigenvalue weighted by Crippen LogP contribution is -2.42. The predicted octanol–water partition coefficient (Wildman–Crippen LogP) is 0.228. The average Bonchev–Trinajstić information content (AvgIpc) is 2.85. The van der Waals surface area contributed by atoms with Crippen molar-refractivity contribution in [2.75, 3.05) is 18.9 Å². The molecule has 2 atom stereocenters. The van der Waals surface area contributed by atoms with Crippen molar-refractivity contribution in [2.24, 2.45) is 22.4 Å². The van der Waals surface area contributed by atoms with Gasteiger partial charge in [0.1, 0.15) is 22.1 Å². The monoisotopic (exact) mass is 596 g/mol. The zero-order chi connectivity index (χ0) is 31.0. The number of alkyl halides is 3. The third kappa shape index (κ3) is 8.68. The van der Waals surface area contributed by atoms with E-state index in [2.05, 4.69) is 9.88 Å². The van der Waals surface area contributed by atoms with Crippen molar-refractivity contribution in [3.05, 3.63) is 46.4 Å². The summed E-state index contributed by atoms with van der Waals surface area (Å²) in [6.07, 6.45) is -6.15. The van der Waals surface area contributed by atoms with E-state index in [1.165, 1.54) is 58.4 Å². The number of sulfonamides is 1. The van der Waals surface area contributed by atoms with Gasteiger partial charge in [-0.1, -0.05) is 0 Å². The molecule has 222 valence electrons. The summed E-state index contributed by atoms with van der Waals surface area (Å²) in [6, 6.07) is 5.52. The quantitative estimate of drug-likeness (QED) is 0.141. The number of amides is 1. The van der Waals surface area contributed by atoms with Gasteiger partial charge in [-0.25, -0.2) is 13.2 Å². The predicted molar refractivity (Wildman–Crippen MR) is 134 cm³/mol. The first-order chi connectivity index (χ1) is 18.4. The number of nitrogens with zero attached hydrogens (tertiary/aromatic N) is 2. The fourth-order valence-electron chi connectivity index (χ4n) is 3.03. The molecule has 0 aliphatic heterocycles. The van der Waals surface area contributed by atoms with E-state index in [1.807, 2.05) is 0 Å². The van der Waals surface area contributed by atoms with E-state index in [1.54, 1.807) is 0 Å². The summed E-state index contributed by atoms with van der Waals surface area (Å²) >= 11 is 0. The molecule has 0 radical (unpaired) electrons. The highest BCUT2D eigenvalue weighted by molar-refractivity contribution is 7.92. The van der Waals surface area contributed by atoms with Crippen LogP contribution in [0, 0.1) is 6.92 Å². The van der Waals surface area contributed by atoms with E-state index in [-0.39, 0.29) is 22.1 Å². The fourth-order valence-corrected chi connectivity index (χ4v) is 4.28. The van der Waals surface area contributed by atoms with Gasteiger partial charge in [0.2, 0.25) is 11.9 Å². The molecule has 0 spiro atoms. The lowest BCUT2D eigenvalue weighted by Gasteiger charge is -2.24. The van der Waals surface area contributed by atoms with Crippen LogP contribution in [0.2, 0.25) is 0 Å². The SMILES string of the molecule is COc1ccc(OC)c(S(=O)(=O)Nc2ccc(C)n(C(C(N)=O)C(C)ON=C(N)N)c2=O)c1.O=C(O)C(F)(F)F. The van der Waals surface area contributed by atoms with Crippen molar-refractivity contribution in [3.8, 4) is 11.5 Å². The highest BCUT2D eigenvalue weighted by Gasteiger charge is 2.38. The van der Waals surface area contributed by atoms with Crippen LogP contribution in [0.5, 0.6) is 11.5 Å². The van der Waals surface area contributed by atoms with Gasteiger partial charge in [0, 0.05) is 11.8 Å². The molecular formula is C21H27F3N6O9S. The van der Waals surface area contributed by atoms with Crippen LogP contribution in [0.1, 0.15) is 18.7 Å². The van der Waals surface area contributed by atoms with Gasteiger partial charge in [-0.15, -0.1) is 0 Å². The van der Waals surface area contributed by atoms with Crippen molar-refractivity contribution in [1.29, 1.82) is 0 Å². The number of aliphatic carboxylic acids is 1. The van der Waals surface area contributed by atoms with E-state index in [0.717, 1.165) is 4.57 Å². The number of carboxylic acids is 1. The molecule has 0 saturated carbocycles. The van der Waals surface area contributed by atoms with Gasteiger partial charge >= 0.3 is 12.1 Å². The molecule has 2 rings (SSSR count). The molecule has 0 aliphatic carbocycles. The van der Waals surface area contributed by atoms with Gasteiger partial charge in [-0.3, -0.25) is 18.9 Å². The van der Waals surface area contributed by atoms with Crippen LogP contribution in [-0.4, -0.2) is 62.4 Å². The Balaban J connectivity index is 0.00000101. The minimum atomic E-state index is -5.08. The molecule has 0 fully saturated rings. The van der Waals surface area contributed by atoms with Gasteiger partial charge in [-0.2, -0.15) is 13.2 Å². The van der Waals surface area contributed by atoms with Crippen molar-refractivity contribution in [3.63, 3.8) is 0 Å². The zero-order valence-corrected chi connectivity index (χ0v) is 22.2. The number of halogens is 3. The number of aromatic nitrogens is 1. The van der Waals surface area contributed by atoms with Crippen LogP contribution >= 0.6 is 0 Å². The molecule has 8 N–H and O–H groups in total. The molecule has 1 amide bonds. The number of guanidine groups is 1. The summed E-state index contributed by atoms with van der Waals surface area (Å²) in [7, 11) is -1.62. The number of hydrogen-bond acceptors (Lipinski definition) is 9. The standard InChI is InChI=1S/C19H26N6O7S.C2HF3O2/c1-10-5-7-13(18(27)25(10)16(17(20)26)11(2)32-23-19(21)22)24-33(28,29)15-9-12(30-3)6-8-14(15)31-4;3-2(4,5)1(6)7/h5-9,11,16,24H,1-4H3,(H2,20,26)(H4,21,22,23);(H,6,7). The van der Waals surface area contributed by atoms with Gasteiger partial charge in [0.05, 0.1) is 14.2 Å². The summed E-state index contributed by atoms with van der Waals surface area (Å²) in [5.74, 6) is -3.79. The molecule has 1 aromatic carbocycles. The first-order valence-electron chi connectivity index (χ1n) is 10.7. The number of hydrogen-bond donors (Lipinski definition) is 5. The number of nitrogens with one attached hydrogen (secondary N) is 1. The third-order valence-corrected chi connectivity index (χ3v) is 6.19. The largest absolute Gasteiger partial charge is 0.497 e. The number of carbonyl (C=O) groups is 2.